The highest BCUT2D eigenvalue weighted by molar-refractivity contribution is 7.99. The Labute approximate surface area is 342 Å². The van der Waals surface area contributed by atoms with Crippen molar-refractivity contribution in [2.24, 2.45) is 0 Å². The fourth-order valence-corrected chi connectivity index (χ4v) is 12.4. The Hall–Kier alpha value is -6.79. The molecule has 0 N–H and O–H groups in total. The molecule has 4 heterocycles. The second-order valence-electron chi connectivity index (χ2n) is 15.2. The molecule has 0 atom stereocenters. The molecule has 0 radical (unpaired) electrons. The van der Waals surface area contributed by atoms with Crippen molar-refractivity contribution in [3.8, 4) is 39.5 Å². The van der Waals surface area contributed by atoms with Crippen LogP contribution in [-0.4, -0.2) is 14.5 Å². The summed E-state index contributed by atoms with van der Waals surface area (Å²) in [6.45, 7) is 0. The molecule has 1 aliphatic heterocycles. The van der Waals surface area contributed by atoms with Gasteiger partial charge < -0.3 is 0 Å². The van der Waals surface area contributed by atoms with Crippen LogP contribution >= 0.6 is 23.1 Å². The van der Waals surface area contributed by atoms with E-state index in [0.717, 1.165) is 37.9 Å². The Bertz CT molecular complexity index is 3440. The lowest BCUT2D eigenvalue weighted by atomic mass is 9.67. The third kappa shape index (κ3) is 4.29. The van der Waals surface area contributed by atoms with Gasteiger partial charge in [0, 0.05) is 36.2 Å². The van der Waals surface area contributed by atoms with Crippen molar-refractivity contribution in [1.82, 2.24) is 14.5 Å². The summed E-state index contributed by atoms with van der Waals surface area (Å²) in [6.07, 6.45) is 0. The molecule has 58 heavy (non-hydrogen) atoms. The van der Waals surface area contributed by atoms with Crippen LogP contribution in [0, 0.1) is 0 Å². The molecular formula is C53H31N3S2. The van der Waals surface area contributed by atoms with E-state index < -0.39 is 5.41 Å². The van der Waals surface area contributed by atoms with Crippen molar-refractivity contribution in [1.29, 1.82) is 0 Å². The first-order valence-corrected chi connectivity index (χ1v) is 21.3. The minimum Gasteiger partial charge on any atom is -0.277 e. The zero-order valence-electron chi connectivity index (χ0n) is 31.1. The molecule has 270 valence electrons. The Morgan fingerprint density at radius 3 is 1.86 bits per heavy atom. The largest absolute Gasteiger partial charge is 0.277 e. The van der Waals surface area contributed by atoms with Crippen LogP contribution in [0.25, 0.3) is 81.6 Å². The predicted molar refractivity (Wildman–Crippen MR) is 242 cm³/mol. The SMILES string of the molecule is c1ccc(-c2ccc(-c3nc(-n4c5ccccc5c5ccc6c(c54)Sc4ccccc4C64c5ccccc5-c5ccccc54)nc4c3sc3ccccc34)cc2)cc1. The number of benzene rings is 8. The first kappa shape index (κ1) is 32.3. The molecule has 2 aliphatic rings. The first-order chi connectivity index (χ1) is 28.8. The van der Waals surface area contributed by atoms with Gasteiger partial charge >= 0.3 is 0 Å². The molecule has 0 amide bonds. The van der Waals surface area contributed by atoms with E-state index in [4.69, 9.17) is 9.97 Å². The Morgan fingerprint density at radius 2 is 1.07 bits per heavy atom. The van der Waals surface area contributed by atoms with Crippen molar-refractivity contribution in [2.75, 3.05) is 0 Å². The summed E-state index contributed by atoms with van der Waals surface area (Å²) < 4.78 is 4.67. The number of aromatic nitrogens is 3. The van der Waals surface area contributed by atoms with Gasteiger partial charge in [-0.3, -0.25) is 4.57 Å². The smallest absolute Gasteiger partial charge is 0.235 e. The van der Waals surface area contributed by atoms with Gasteiger partial charge in [0.05, 0.1) is 32.4 Å². The summed E-state index contributed by atoms with van der Waals surface area (Å²) >= 11 is 3.65. The standard InChI is InChI=1S/C53H31N3S2/c1-2-14-32(15-3-1)33-26-28-34(29-27-33)47-51-48(39-19-7-12-24-45(39)57-51)55-52(54-47)56-44-23-11-6-18-37(44)38-30-31-43-50(49(38)56)58-46-25-13-10-22-42(46)53(43)40-20-8-4-16-35(40)36-17-5-9-21-41(36)53/h1-31H. The highest BCUT2D eigenvalue weighted by Crippen LogP contribution is 2.63. The maximum Gasteiger partial charge on any atom is 0.235 e. The molecule has 0 saturated carbocycles. The summed E-state index contributed by atoms with van der Waals surface area (Å²) in [7, 11) is 0. The number of hydrogen-bond donors (Lipinski definition) is 0. The number of fused-ring (bicyclic) bond motifs is 16. The van der Waals surface area contributed by atoms with E-state index in [9.17, 15) is 0 Å². The molecule has 0 fully saturated rings. The van der Waals surface area contributed by atoms with Crippen LogP contribution < -0.4 is 0 Å². The van der Waals surface area contributed by atoms with E-state index in [1.807, 2.05) is 11.8 Å². The zero-order valence-corrected chi connectivity index (χ0v) is 32.7. The normalized spacial score (nSPS) is 13.6. The van der Waals surface area contributed by atoms with E-state index in [-0.39, 0.29) is 0 Å². The number of para-hydroxylation sites is 1. The van der Waals surface area contributed by atoms with Gasteiger partial charge in [-0.2, -0.15) is 0 Å². The van der Waals surface area contributed by atoms with Crippen LogP contribution in [0.4, 0.5) is 0 Å². The number of thiophene rings is 1. The topological polar surface area (TPSA) is 30.7 Å². The van der Waals surface area contributed by atoms with Gasteiger partial charge in [0.15, 0.2) is 0 Å². The zero-order chi connectivity index (χ0) is 38.0. The monoisotopic (exact) mass is 773 g/mol. The Kier molecular flexibility index (Phi) is 6.75. The van der Waals surface area contributed by atoms with Crippen molar-refractivity contribution in [2.45, 2.75) is 15.2 Å². The lowest BCUT2D eigenvalue weighted by Crippen LogP contribution is -2.32. The lowest BCUT2D eigenvalue weighted by molar-refractivity contribution is 0.724. The third-order valence-electron chi connectivity index (χ3n) is 12.3. The average Bonchev–Trinajstić information content (AvgIpc) is 3.94. The van der Waals surface area contributed by atoms with Gasteiger partial charge in [0.25, 0.3) is 0 Å². The minimum atomic E-state index is -0.486. The molecule has 1 aliphatic carbocycles. The Morgan fingerprint density at radius 1 is 0.448 bits per heavy atom. The molecule has 3 nitrogen and oxygen atoms in total. The number of nitrogens with zero attached hydrogens (tertiary/aromatic N) is 3. The van der Waals surface area contributed by atoms with E-state index >= 15 is 0 Å². The van der Waals surface area contributed by atoms with Crippen molar-refractivity contribution < 1.29 is 0 Å². The maximum absolute atomic E-state index is 5.62. The third-order valence-corrected chi connectivity index (χ3v) is 14.7. The van der Waals surface area contributed by atoms with Crippen molar-refractivity contribution in [3.63, 3.8) is 0 Å². The second-order valence-corrected chi connectivity index (χ2v) is 17.3. The average molecular weight is 774 g/mol. The van der Waals surface area contributed by atoms with Gasteiger partial charge in [-0.1, -0.05) is 182 Å². The van der Waals surface area contributed by atoms with Gasteiger partial charge in [-0.05, 0) is 62.7 Å². The van der Waals surface area contributed by atoms with E-state index in [1.165, 1.54) is 69.8 Å². The summed E-state index contributed by atoms with van der Waals surface area (Å²) in [6, 6.07) is 68.7. The molecule has 11 aromatic rings. The van der Waals surface area contributed by atoms with E-state index in [0.29, 0.717) is 5.95 Å². The van der Waals surface area contributed by atoms with Gasteiger partial charge in [0.2, 0.25) is 5.95 Å². The lowest BCUT2D eigenvalue weighted by Gasteiger charge is -2.40. The summed E-state index contributed by atoms with van der Waals surface area (Å²) in [4.78, 5) is 13.7. The fraction of sp³-hybridized carbons (Fsp3) is 0.0189. The van der Waals surface area contributed by atoms with Crippen LogP contribution in [0.2, 0.25) is 0 Å². The highest BCUT2D eigenvalue weighted by atomic mass is 32.2. The van der Waals surface area contributed by atoms with E-state index in [1.54, 1.807) is 11.3 Å². The molecule has 8 aromatic carbocycles. The van der Waals surface area contributed by atoms with Crippen LogP contribution in [0.1, 0.15) is 22.3 Å². The number of hydrogen-bond acceptors (Lipinski definition) is 4. The molecular weight excluding hydrogens is 743 g/mol. The molecule has 0 saturated heterocycles. The molecule has 5 heteroatoms. The van der Waals surface area contributed by atoms with Gasteiger partial charge in [0.1, 0.15) is 0 Å². The van der Waals surface area contributed by atoms with Crippen molar-refractivity contribution >= 4 is 65.2 Å². The first-order valence-electron chi connectivity index (χ1n) is 19.7. The molecule has 0 unspecified atom stereocenters. The van der Waals surface area contributed by atoms with Gasteiger partial charge in [-0.15, -0.1) is 11.3 Å². The summed E-state index contributed by atoms with van der Waals surface area (Å²) in [5, 5.41) is 3.54. The minimum absolute atomic E-state index is 0.486. The van der Waals surface area contributed by atoms with Crippen molar-refractivity contribution in [3.05, 3.63) is 210 Å². The molecule has 0 bridgehead atoms. The summed E-state index contributed by atoms with van der Waals surface area (Å²) in [5.74, 6) is 0.679. The van der Waals surface area contributed by atoms with Crippen LogP contribution in [0.15, 0.2) is 198 Å². The Balaban J connectivity index is 1.14. The van der Waals surface area contributed by atoms with E-state index in [2.05, 4.69) is 193 Å². The van der Waals surface area contributed by atoms with Crippen LogP contribution in [0.5, 0.6) is 0 Å². The predicted octanol–water partition coefficient (Wildman–Crippen LogP) is 14.1. The van der Waals surface area contributed by atoms with Gasteiger partial charge in [-0.25, -0.2) is 9.97 Å². The molecule has 1 spiro atoms. The maximum atomic E-state index is 5.62. The summed E-state index contributed by atoms with van der Waals surface area (Å²) in [5.41, 5.74) is 15.0. The van der Waals surface area contributed by atoms with Crippen LogP contribution in [-0.2, 0) is 5.41 Å². The fourth-order valence-electron chi connectivity index (χ4n) is 9.90. The second kappa shape index (κ2) is 12.1. The molecule has 13 rings (SSSR count). The highest BCUT2D eigenvalue weighted by Gasteiger charge is 2.50. The quantitative estimate of drug-likeness (QED) is 0.179. The number of rotatable bonds is 3. The van der Waals surface area contributed by atoms with Crippen LogP contribution in [0.3, 0.4) is 0 Å². The molecule has 3 aromatic heterocycles.